The van der Waals surface area contributed by atoms with E-state index in [2.05, 4.69) is 10.3 Å². The fourth-order valence-electron chi connectivity index (χ4n) is 2.52. The van der Waals surface area contributed by atoms with Gasteiger partial charge in [-0.2, -0.15) is 0 Å². The van der Waals surface area contributed by atoms with Crippen molar-refractivity contribution in [2.75, 3.05) is 19.0 Å². The summed E-state index contributed by atoms with van der Waals surface area (Å²) in [7, 11) is 1.60. The van der Waals surface area contributed by atoms with Crippen LogP contribution in [0.15, 0.2) is 47.5 Å². The highest BCUT2D eigenvalue weighted by Crippen LogP contribution is 2.25. The third-order valence-electron chi connectivity index (χ3n) is 3.91. The minimum Gasteiger partial charge on any atom is -0.497 e. The average molecular weight is 394 g/mol. The van der Waals surface area contributed by atoms with E-state index in [9.17, 15) is 9.90 Å². The van der Waals surface area contributed by atoms with Crippen LogP contribution in [-0.2, 0) is 6.54 Å². The molecule has 0 bridgehead atoms. The van der Waals surface area contributed by atoms with Crippen molar-refractivity contribution in [3.63, 3.8) is 0 Å². The average Bonchev–Trinajstić information content (AvgIpc) is 2.64. The zero-order valence-electron chi connectivity index (χ0n) is 13.9. The SMILES string of the molecule is COc1ccc(NC[C@@H](O)Cn2cnc3cc(Cl)c(Cl)cc3c2=O)cc1. The van der Waals surface area contributed by atoms with Crippen LogP contribution in [0.1, 0.15) is 0 Å². The van der Waals surface area contributed by atoms with Crippen molar-refractivity contribution in [1.29, 1.82) is 0 Å². The van der Waals surface area contributed by atoms with E-state index in [4.69, 9.17) is 27.9 Å². The van der Waals surface area contributed by atoms with Gasteiger partial charge in [0.1, 0.15) is 5.75 Å². The Morgan fingerprint density at radius 3 is 2.62 bits per heavy atom. The minimum absolute atomic E-state index is 0.102. The number of nitrogens with zero attached hydrogens (tertiary/aromatic N) is 2. The monoisotopic (exact) mass is 393 g/mol. The molecule has 0 fully saturated rings. The van der Waals surface area contributed by atoms with Crippen molar-refractivity contribution in [3.05, 3.63) is 63.1 Å². The lowest BCUT2D eigenvalue weighted by Gasteiger charge is -2.15. The van der Waals surface area contributed by atoms with E-state index in [1.165, 1.54) is 17.0 Å². The van der Waals surface area contributed by atoms with Crippen LogP contribution in [0.25, 0.3) is 10.9 Å². The standard InChI is InChI=1S/C18H17Cl2N3O3/c1-26-13-4-2-11(3-5-13)21-8-12(24)9-23-10-22-17-7-16(20)15(19)6-14(17)18(23)25/h2-7,10,12,21,24H,8-9H2,1H3/t12-/m1/s1. The van der Waals surface area contributed by atoms with Gasteiger partial charge in [-0.25, -0.2) is 4.98 Å². The number of hydrogen-bond donors (Lipinski definition) is 2. The maximum atomic E-state index is 12.5. The smallest absolute Gasteiger partial charge is 0.261 e. The molecule has 8 heteroatoms. The van der Waals surface area contributed by atoms with Gasteiger partial charge in [0.05, 0.1) is 47.0 Å². The summed E-state index contributed by atoms with van der Waals surface area (Å²) in [6, 6.07) is 10.4. The van der Waals surface area contributed by atoms with Crippen LogP contribution in [-0.4, -0.2) is 34.4 Å². The summed E-state index contributed by atoms with van der Waals surface area (Å²) < 4.78 is 6.45. The molecule has 1 heterocycles. The molecule has 0 amide bonds. The van der Waals surface area contributed by atoms with E-state index < -0.39 is 6.10 Å². The summed E-state index contributed by atoms with van der Waals surface area (Å²) in [6.07, 6.45) is 0.614. The summed E-state index contributed by atoms with van der Waals surface area (Å²) in [5.41, 5.74) is 1.03. The Morgan fingerprint density at radius 1 is 1.23 bits per heavy atom. The van der Waals surface area contributed by atoms with Gasteiger partial charge in [0.2, 0.25) is 0 Å². The predicted molar refractivity (Wildman–Crippen MR) is 104 cm³/mol. The van der Waals surface area contributed by atoms with Gasteiger partial charge in [-0.05, 0) is 36.4 Å². The second-order valence-electron chi connectivity index (χ2n) is 5.75. The number of nitrogens with one attached hydrogen (secondary N) is 1. The number of methoxy groups -OCH3 is 1. The molecule has 0 aliphatic rings. The maximum absolute atomic E-state index is 12.5. The minimum atomic E-state index is -0.781. The number of hydrogen-bond acceptors (Lipinski definition) is 5. The van der Waals surface area contributed by atoms with E-state index in [1.54, 1.807) is 13.2 Å². The zero-order chi connectivity index (χ0) is 18.7. The molecular formula is C18H17Cl2N3O3. The molecule has 2 aromatic carbocycles. The lowest BCUT2D eigenvalue weighted by Crippen LogP contribution is -2.31. The van der Waals surface area contributed by atoms with Gasteiger partial charge in [-0.1, -0.05) is 23.2 Å². The Bertz CT molecular complexity index is 974. The molecule has 3 rings (SSSR count). The first-order valence-corrected chi connectivity index (χ1v) is 8.63. The highest BCUT2D eigenvalue weighted by Gasteiger charge is 2.11. The zero-order valence-corrected chi connectivity index (χ0v) is 15.5. The summed E-state index contributed by atoms with van der Waals surface area (Å²) in [6.45, 7) is 0.378. The first-order valence-electron chi connectivity index (χ1n) is 7.88. The largest absolute Gasteiger partial charge is 0.497 e. The molecule has 26 heavy (non-hydrogen) atoms. The lowest BCUT2D eigenvalue weighted by molar-refractivity contribution is 0.165. The van der Waals surface area contributed by atoms with Gasteiger partial charge in [-0.15, -0.1) is 0 Å². The normalized spacial score (nSPS) is 12.2. The van der Waals surface area contributed by atoms with Crippen LogP contribution in [0.2, 0.25) is 10.0 Å². The van der Waals surface area contributed by atoms with Crippen LogP contribution in [0, 0.1) is 0 Å². The van der Waals surface area contributed by atoms with Gasteiger partial charge >= 0.3 is 0 Å². The van der Waals surface area contributed by atoms with E-state index in [0.717, 1.165) is 11.4 Å². The number of anilines is 1. The number of rotatable bonds is 6. The number of aliphatic hydroxyl groups is 1. The van der Waals surface area contributed by atoms with Crippen LogP contribution in [0.3, 0.4) is 0 Å². The maximum Gasteiger partial charge on any atom is 0.261 e. The molecule has 0 unspecified atom stereocenters. The molecule has 1 atom stereocenters. The number of aromatic nitrogens is 2. The highest BCUT2D eigenvalue weighted by molar-refractivity contribution is 6.42. The van der Waals surface area contributed by atoms with Gasteiger partial charge in [0.25, 0.3) is 5.56 Å². The fraction of sp³-hybridized carbons (Fsp3) is 0.222. The highest BCUT2D eigenvalue weighted by atomic mass is 35.5. The molecule has 0 saturated carbocycles. The summed E-state index contributed by atoms with van der Waals surface area (Å²) in [4.78, 5) is 16.8. The van der Waals surface area contributed by atoms with Crippen molar-refractivity contribution in [1.82, 2.24) is 9.55 Å². The Labute approximate surface area is 160 Å². The predicted octanol–water partition coefficient (Wildman–Crippen LogP) is 3.18. The van der Waals surface area contributed by atoms with Crippen LogP contribution < -0.4 is 15.6 Å². The molecule has 1 aromatic heterocycles. The molecule has 136 valence electrons. The molecule has 0 radical (unpaired) electrons. The van der Waals surface area contributed by atoms with E-state index in [0.29, 0.717) is 15.9 Å². The summed E-state index contributed by atoms with van der Waals surface area (Å²) in [5, 5.41) is 14.3. The Balaban J connectivity index is 1.70. The second kappa shape index (κ2) is 7.95. The summed E-state index contributed by atoms with van der Waals surface area (Å²) in [5.74, 6) is 0.753. The van der Waals surface area contributed by atoms with Gasteiger partial charge in [-0.3, -0.25) is 9.36 Å². The molecule has 0 saturated heterocycles. The fourth-order valence-corrected chi connectivity index (χ4v) is 2.84. The van der Waals surface area contributed by atoms with Crippen LogP contribution in [0.5, 0.6) is 5.75 Å². The number of aliphatic hydroxyl groups excluding tert-OH is 1. The lowest BCUT2D eigenvalue weighted by atomic mass is 10.2. The van der Waals surface area contributed by atoms with Crippen molar-refractivity contribution < 1.29 is 9.84 Å². The number of benzene rings is 2. The van der Waals surface area contributed by atoms with Gasteiger partial charge in [0.15, 0.2) is 0 Å². The van der Waals surface area contributed by atoms with Gasteiger partial charge < -0.3 is 15.2 Å². The third kappa shape index (κ3) is 4.09. The molecule has 0 aliphatic heterocycles. The molecular weight excluding hydrogens is 377 g/mol. The first-order chi connectivity index (χ1) is 12.5. The number of halogens is 2. The molecule has 3 aromatic rings. The third-order valence-corrected chi connectivity index (χ3v) is 4.63. The van der Waals surface area contributed by atoms with Crippen LogP contribution >= 0.6 is 23.2 Å². The number of ether oxygens (including phenoxy) is 1. The van der Waals surface area contributed by atoms with Crippen molar-refractivity contribution in [2.45, 2.75) is 12.6 Å². The Hall–Kier alpha value is -2.28. The second-order valence-corrected chi connectivity index (χ2v) is 6.56. The van der Waals surface area contributed by atoms with Crippen molar-refractivity contribution in [3.8, 4) is 5.75 Å². The van der Waals surface area contributed by atoms with Crippen molar-refractivity contribution in [2.24, 2.45) is 0 Å². The molecule has 0 spiro atoms. The quantitative estimate of drug-likeness (QED) is 0.672. The van der Waals surface area contributed by atoms with E-state index in [1.807, 2.05) is 24.3 Å². The first kappa shape index (κ1) is 18.5. The van der Waals surface area contributed by atoms with Crippen LogP contribution in [0.4, 0.5) is 5.69 Å². The molecule has 6 nitrogen and oxygen atoms in total. The molecule has 2 N–H and O–H groups in total. The summed E-state index contributed by atoms with van der Waals surface area (Å²) >= 11 is 11.9. The Kier molecular flexibility index (Phi) is 5.66. The van der Waals surface area contributed by atoms with E-state index >= 15 is 0 Å². The Morgan fingerprint density at radius 2 is 1.92 bits per heavy atom. The van der Waals surface area contributed by atoms with Gasteiger partial charge in [0, 0.05) is 12.2 Å². The number of fused-ring (bicyclic) bond motifs is 1. The molecule has 0 aliphatic carbocycles. The topological polar surface area (TPSA) is 76.4 Å². The van der Waals surface area contributed by atoms with Crippen molar-refractivity contribution >= 4 is 39.8 Å². The van der Waals surface area contributed by atoms with E-state index in [-0.39, 0.29) is 23.7 Å².